The molecule has 174 valence electrons. The summed E-state index contributed by atoms with van der Waals surface area (Å²) >= 11 is 0. The van der Waals surface area contributed by atoms with Gasteiger partial charge < -0.3 is 19.5 Å². The minimum atomic E-state index is -1.48. The predicted molar refractivity (Wildman–Crippen MR) is 118 cm³/mol. The number of carboxylic acids is 1. The lowest BCUT2D eigenvalue weighted by molar-refractivity contribution is -0.151. The van der Waals surface area contributed by atoms with E-state index in [-0.39, 0.29) is 25.4 Å². The van der Waals surface area contributed by atoms with Gasteiger partial charge >= 0.3 is 12.1 Å². The van der Waals surface area contributed by atoms with Crippen LogP contribution in [-0.2, 0) is 27.3 Å². The Labute approximate surface area is 188 Å². The maximum Gasteiger partial charge on any atom is 0.410 e. The molecule has 1 N–H and O–H groups in total. The van der Waals surface area contributed by atoms with E-state index in [0.717, 1.165) is 16.8 Å². The first-order chi connectivity index (χ1) is 15.0. The highest BCUT2D eigenvalue weighted by atomic mass is 16.5. The second kappa shape index (κ2) is 8.58. The van der Waals surface area contributed by atoms with Crippen molar-refractivity contribution < 1.29 is 24.2 Å². The predicted octanol–water partition coefficient (Wildman–Crippen LogP) is 3.05. The van der Waals surface area contributed by atoms with Gasteiger partial charge in [0.25, 0.3) is 0 Å². The van der Waals surface area contributed by atoms with Gasteiger partial charge in [-0.1, -0.05) is 20.8 Å². The zero-order chi connectivity index (χ0) is 23.8. The van der Waals surface area contributed by atoms with Crippen LogP contribution in [0.15, 0.2) is 0 Å². The third-order valence-electron chi connectivity index (χ3n) is 6.53. The number of anilines is 1. The van der Waals surface area contributed by atoms with Gasteiger partial charge in [0.05, 0.1) is 37.1 Å². The van der Waals surface area contributed by atoms with E-state index in [1.165, 1.54) is 12.0 Å². The summed E-state index contributed by atoms with van der Waals surface area (Å²) in [4.78, 5) is 32.7. The number of rotatable bonds is 4. The molecule has 1 unspecified atom stereocenters. The number of piperazine rings is 1. The molecule has 0 bridgehead atoms. The molecule has 9 heteroatoms. The van der Waals surface area contributed by atoms with Crippen LogP contribution in [0.25, 0.3) is 0 Å². The fourth-order valence-corrected chi connectivity index (χ4v) is 4.71. The normalized spacial score (nSPS) is 22.3. The van der Waals surface area contributed by atoms with Crippen LogP contribution in [-0.4, -0.2) is 64.9 Å². The number of aliphatic carboxylic acids is 1. The Kier molecular flexibility index (Phi) is 6.38. The Morgan fingerprint density at radius 2 is 2.00 bits per heavy atom. The van der Waals surface area contributed by atoms with Crippen molar-refractivity contribution in [3.63, 3.8) is 0 Å². The minimum Gasteiger partial charge on any atom is -0.479 e. The topological polar surface area (TPSA) is 116 Å². The number of pyridine rings is 1. The van der Waals surface area contributed by atoms with Crippen molar-refractivity contribution in [2.75, 3.05) is 31.6 Å². The SMILES string of the molecule is CCC1(C(=O)O)CN(c2nc(C(C)C)c3c(c2C#N)CC(C)(C)OC3)CCN1C(=O)OC. The molecule has 1 amide bonds. The first-order valence-corrected chi connectivity index (χ1v) is 10.9. The van der Waals surface area contributed by atoms with Gasteiger partial charge in [0.15, 0.2) is 5.54 Å². The van der Waals surface area contributed by atoms with Gasteiger partial charge in [0.1, 0.15) is 11.9 Å². The molecule has 9 nitrogen and oxygen atoms in total. The van der Waals surface area contributed by atoms with Gasteiger partial charge in [-0.05, 0) is 31.7 Å². The number of hydrogen-bond donors (Lipinski definition) is 1. The maximum absolute atomic E-state index is 12.4. The van der Waals surface area contributed by atoms with Gasteiger partial charge in [-0.3, -0.25) is 4.90 Å². The Bertz CT molecular complexity index is 968. The standard InChI is InChI=1S/C23H32N4O5/c1-7-23(20(28)29)13-26(8-9-27(23)21(30)31-6)19-16(11-24)15-10-22(4,5)32-12-17(15)18(25-19)14(2)3/h14H,7-10,12-13H2,1-6H3,(H,28,29). The molecule has 1 aromatic rings. The zero-order valence-corrected chi connectivity index (χ0v) is 19.7. The van der Waals surface area contributed by atoms with Crippen LogP contribution in [0, 0.1) is 11.3 Å². The van der Waals surface area contributed by atoms with Gasteiger partial charge in [-0.2, -0.15) is 5.26 Å². The van der Waals surface area contributed by atoms with Crippen LogP contribution in [0.2, 0.25) is 0 Å². The van der Waals surface area contributed by atoms with Gasteiger partial charge in [0, 0.05) is 25.1 Å². The number of fused-ring (bicyclic) bond motifs is 1. The van der Waals surface area contributed by atoms with Crippen molar-refractivity contribution in [1.82, 2.24) is 9.88 Å². The monoisotopic (exact) mass is 444 g/mol. The Morgan fingerprint density at radius 3 is 2.53 bits per heavy atom. The van der Waals surface area contributed by atoms with Crippen molar-refractivity contribution in [1.29, 1.82) is 5.26 Å². The Balaban J connectivity index is 2.16. The van der Waals surface area contributed by atoms with Crippen LogP contribution in [0.3, 0.4) is 0 Å². The van der Waals surface area contributed by atoms with E-state index in [9.17, 15) is 20.0 Å². The summed E-state index contributed by atoms with van der Waals surface area (Å²) in [6, 6.07) is 2.33. The van der Waals surface area contributed by atoms with Gasteiger partial charge in [-0.15, -0.1) is 0 Å². The first kappa shape index (κ1) is 23.8. The third kappa shape index (κ3) is 3.88. The summed E-state index contributed by atoms with van der Waals surface area (Å²) in [5.74, 6) is -0.520. The molecule has 2 aliphatic heterocycles. The molecule has 1 saturated heterocycles. The largest absolute Gasteiger partial charge is 0.479 e. The highest BCUT2D eigenvalue weighted by Gasteiger charge is 2.50. The molecule has 3 heterocycles. The summed E-state index contributed by atoms with van der Waals surface area (Å²) in [7, 11) is 1.24. The third-order valence-corrected chi connectivity index (χ3v) is 6.53. The molecular formula is C23H32N4O5. The summed E-state index contributed by atoms with van der Waals surface area (Å²) in [6.45, 7) is 10.7. The quantitative estimate of drug-likeness (QED) is 0.753. The fraction of sp³-hybridized carbons (Fsp3) is 0.652. The number of ether oxygens (including phenoxy) is 2. The van der Waals surface area contributed by atoms with E-state index in [0.29, 0.717) is 31.0 Å². The van der Waals surface area contributed by atoms with Crippen LogP contribution >= 0.6 is 0 Å². The lowest BCUT2D eigenvalue weighted by Gasteiger charge is -2.47. The lowest BCUT2D eigenvalue weighted by atomic mass is 9.85. The number of nitriles is 1. The highest BCUT2D eigenvalue weighted by molar-refractivity contribution is 5.86. The van der Waals surface area contributed by atoms with Crippen LogP contribution in [0.4, 0.5) is 10.6 Å². The molecule has 32 heavy (non-hydrogen) atoms. The first-order valence-electron chi connectivity index (χ1n) is 10.9. The Morgan fingerprint density at radius 1 is 1.31 bits per heavy atom. The lowest BCUT2D eigenvalue weighted by Crippen LogP contribution is -2.67. The number of carbonyl (C=O) groups excluding carboxylic acids is 1. The molecule has 0 saturated carbocycles. The van der Waals surface area contributed by atoms with Crippen molar-refractivity contribution in [3.05, 3.63) is 22.4 Å². The molecule has 3 rings (SSSR count). The molecule has 0 radical (unpaired) electrons. The maximum atomic E-state index is 12.4. The average Bonchev–Trinajstić information content (AvgIpc) is 2.75. The van der Waals surface area contributed by atoms with Crippen LogP contribution in [0.1, 0.15) is 69.3 Å². The minimum absolute atomic E-state index is 0.0197. The number of amides is 1. The molecule has 0 aromatic carbocycles. The number of carboxylic acid groups (broad SMARTS) is 1. The average molecular weight is 445 g/mol. The number of aromatic nitrogens is 1. The number of methoxy groups -OCH3 is 1. The fourth-order valence-electron chi connectivity index (χ4n) is 4.71. The second-order valence-corrected chi connectivity index (χ2v) is 9.38. The van der Waals surface area contributed by atoms with Gasteiger partial charge in [-0.25, -0.2) is 14.6 Å². The molecule has 0 aliphatic carbocycles. The van der Waals surface area contributed by atoms with Crippen molar-refractivity contribution in [2.45, 2.75) is 71.1 Å². The molecule has 0 spiro atoms. The van der Waals surface area contributed by atoms with E-state index >= 15 is 0 Å². The van der Waals surface area contributed by atoms with E-state index in [1.54, 1.807) is 6.92 Å². The summed E-state index contributed by atoms with van der Waals surface area (Å²) in [5.41, 5.74) is 1.30. The van der Waals surface area contributed by atoms with Gasteiger partial charge in [0.2, 0.25) is 0 Å². The van der Waals surface area contributed by atoms with E-state index in [2.05, 4.69) is 6.07 Å². The van der Waals surface area contributed by atoms with Crippen LogP contribution < -0.4 is 4.90 Å². The van der Waals surface area contributed by atoms with Crippen LogP contribution in [0.5, 0.6) is 0 Å². The molecule has 1 atom stereocenters. The van der Waals surface area contributed by atoms with Crippen molar-refractivity contribution in [3.8, 4) is 6.07 Å². The summed E-state index contributed by atoms with van der Waals surface area (Å²) < 4.78 is 10.9. The molecule has 1 fully saturated rings. The molecule has 1 aromatic heterocycles. The van der Waals surface area contributed by atoms with Crippen molar-refractivity contribution in [2.24, 2.45) is 0 Å². The number of carbonyl (C=O) groups is 2. The number of nitrogens with zero attached hydrogens (tertiary/aromatic N) is 4. The van der Waals surface area contributed by atoms with E-state index in [1.807, 2.05) is 32.6 Å². The molecular weight excluding hydrogens is 412 g/mol. The summed E-state index contributed by atoms with van der Waals surface area (Å²) in [6.07, 6.45) is 0.0913. The highest BCUT2D eigenvalue weighted by Crippen LogP contribution is 2.39. The Hall–Kier alpha value is -2.86. The van der Waals surface area contributed by atoms with Crippen molar-refractivity contribution >= 4 is 17.9 Å². The zero-order valence-electron chi connectivity index (χ0n) is 19.7. The number of hydrogen-bond acceptors (Lipinski definition) is 7. The smallest absolute Gasteiger partial charge is 0.410 e. The molecule has 2 aliphatic rings. The second-order valence-electron chi connectivity index (χ2n) is 9.38. The summed E-state index contributed by atoms with van der Waals surface area (Å²) in [5, 5.41) is 20.2. The van der Waals surface area contributed by atoms with E-state index < -0.39 is 23.2 Å². The van der Waals surface area contributed by atoms with E-state index in [4.69, 9.17) is 14.5 Å².